The molecule has 106 valence electrons. The molecule has 0 bridgehead atoms. The number of benzene rings is 1. The van der Waals surface area contributed by atoms with Gasteiger partial charge >= 0.3 is 0 Å². The Kier molecular flexibility index (Phi) is 4.69. The van der Waals surface area contributed by atoms with Crippen LogP contribution in [0.3, 0.4) is 0 Å². The summed E-state index contributed by atoms with van der Waals surface area (Å²) in [5.41, 5.74) is 1.54. The molecule has 2 aromatic rings. The first-order valence-corrected chi connectivity index (χ1v) is 6.56. The van der Waals surface area contributed by atoms with Crippen molar-refractivity contribution in [2.75, 3.05) is 13.6 Å². The quantitative estimate of drug-likeness (QED) is 0.757. The number of aryl methyl sites for hydroxylation is 1. The van der Waals surface area contributed by atoms with Gasteiger partial charge in [-0.05, 0) is 32.2 Å². The van der Waals surface area contributed by atoms with E-state index in [1.54, 1.807) is 18.4 Å². The van der Waals surface area contributed by atoms with Crippen LogP contribution in [-0.4, -0.2) is 24.3 Å². The molecule has 0 aliphatic heterocycles. The lowest BCUT2D eigenvalue weighted by Crippen LogP contribution is -2.21. The van der Waals surface area contributed by atoms with Crippen LogP contribution in [0.1, 0.15) is 28.1 Å². The average Bonchev–Trinajstić information content (AvgIpc) is 2.81. The predicted molar refractivity (Wildman–Crippen MR) is 75.1 cm³/mol. The Balaban J connectivity index is 1.86. The molecular weight excluding hydrogens is 257 g/mol. The van der Waals surface area contributed by atoms with Crippen LogP contribution >= 0.6 is 0 Å². The number of ketones is 1. The van der Waals surface area contributed by atoms with E-state index < -0.39 is 0 Å². The van der Waals surface area contributed by atoms with Crippen LogP contribution in [0.15, 0.2) is 41.0 Å². The second-order valence-corrected chi connectivity index (χ2v) is 4.92. The number of furan rings is 1. The zero-order valence-electron chi connectivity index (χ0n) is 11.7. The van der Waals surface area contributed by atoms with Crippen molar-refractivity contribution in [3.05, 3.63) is 59.3 Å². The third-order valence-electron chi connectivity index (χ3n) is 3.27. The molecule has 0 aliphatic carbocycles. The SMILES string of the molecule is Cc1occc1CN(C)CCC(=O)c1cccc(F)c1. The van der Waals surface area contributed by atoms with E-state index in [0.717, 1.165) is 17.9 Å². The average molecular weight is 275 g/mol. The highest BCUT2D eigenvalue weighted by atomic mass is 19.1. The van der Waals surface area contributed by atoms with Crippen molar-refractivity contribution in [3.8, 4) is 0 Å². The first-order valence-electron chi connectivity index (χ1n) is 6.56. The highest BCUT2D eigenvalue weighted by Gasteiger charge is 2.10. The van der Waals surface area contributed by atoms with Gasteiger partial charge in [-0.3, -0.25) is 4.79 Å². The van der Waals surface area contributed by atoms with Crippen LogP contribution in [-0.2, 0) is 6.54 Å². The lowest BCUT2D eigenvalue weighted by Gasteiger charge is -2.15. The molecule has 0 radical (unpaired) electrons. The maximum atomic E-state index is 13.0. The van der Waals surface area contributed by atoms with Crippen LogP contribution in [0, 0.1) is 12.7 Å². The lowest BCUT2D eigenvalue weighted by molar-refractivity contribution is 0.0967. The van der Waals surface area contributed by atoms with Crippen molar-refractivity contribution in [1.29, 1.82) is 0 Å². The van der Waals surface area contributed by atoms with Crippen LogP contribution in [0.25, 0.3) is 0 Å². The van der Waals surface area contributed by atoms with Crippen molar-refractivity contribution >= 4 is 5.78 Å². The summed E-state index contributed by atoms with van der Waals surface area (Å²) in [6, 6.07) is 7.75. The third kappa shape index (κ3) is 3.78. The number of Topliss-reactive ketones (excluding diaryl/α,β-unsaturated/α-hetero) is 1. The molecule has 4 heteroatoms. The number of hydrogen-bond donors (Lipinski definition) is 0. The number of rotatable bonds is 6. The van der Waals surface area contributed by atoms with Gasteiger partial charge in [-0.2, -0.15) is 0 Å². The molecule has 0 N–H and O–H groups in total. The second kappa shape index (κ2) is 6.48. The molecular formula is C16H18FNO2. The Morgan fingerprint density at radius 2 is 2.15 bits per heavy atom. The Bertz CT molecular complexity index is 592. The van der Waals surface area contributed by atoms with Crippen LogP contribution in [0.4, 0.5) is 4.39 Å². The Labute approximate surface area is 118 Å². The van der Waals surface area contributed by atoms with Gasteiger partial charge in [-0.1, -0.05) is 12.1 Å². The molecule has 0 saturated carbocycles. The normalized spacial score (nSPS) is 11.0. The molecule has 0 amide bonds. The zero-order valence-corrected chi connectivity index (χ0v) is 11.7. The molecule has 0 aliphatic rings. The predicted octanol–water partition coefficient (Wildman–Crippen LogP) is 3.43. The number of carbonyl (C=O) groups is 1. The van der Waals surface area contributed by atoms with Crippen molar-refractivity contribution < 1.29 is 13.6 Å². The summed E-state index contributed by atoms with van der Waals surface area (Å²) < 4.78 is 18.3. The summed E-state index contributed by atoms with van der Waals surface area (Å²) in [5, 5.41) is 0. The molecule has 2 rings (SSSR count). The van der Waals surface area contributed by atoms with Gasteiger partial charge < -0.3 is 9.32 Å². The topological polar surface area (TPSA) is 33.5 Å². The number of hydrogen-bond acceptors (Lipinski definition) is 3. The van der Waals surface area contributed by atoms with Crippen LogP contribution in [0.2, 0.25) is 0 Å². The van der Waals surface area contributed by atoms with Gasteiger partial charge in [0.15, 0.2) is 5.78 Å². The van der Waals surface area contributed by atoms with Crippen molar-refractivity contribution in [1.82, 2.24) is 4.90 Å². The van der Waals surface area contributed by atoms with Gasteiger partial charge in [0.2, 0.25) is 0 Å². The minimum atomic E-state index is -0.377. The molecule has 1 aromatic carbocycles. The van der Waals surface area contributed by atoms with Gasteiger partial charge in [0.1, 0.15) is 11.6 Å². The molecule has 1 aromatic heterocycles. The fourth-order valence-electron chi connectivity index (χ4n) is 2.04. The monoisotopic (exact) mass is 275 g/mol. The molecule has 0 fully saturated rings. The van der Waals surface area contributed by atoms with Crippen LogP contribution < -0.4 is 0 Å². The van der Waals surface area contributed by atoms with E-state index in [1.165, 1.54) is 12.1 Å². The van der Waals surface area contributed by atoms with Gasteiger partial charge in [0, 0.05) is 30.6 Å². The Morgan fingerprint density at radius 1 is 1.35 bits per heavy atom. The Morgan fingerprint density at radius 3 is 2.80 bits per heavy atom. The van der Waals surface area contributed by atoms with E-state index in [4.69, 9.17) is 4.42 Å². The minimum absolute atomic E-state index is 0.0414. The van der Waals surface area contributed by atoms with E-state index in [0.29, 0.717) is 18.5 Å². The van der Waals surface area contributed by atoms with Gasteiger partial charge in [-0.25, -0.2) is 4.39 Å². The molecule has 0 atom stereocenters. The van der Waals surface area contributed by atoms with E-state index in [-0.39, 0.29) is 11.6 Å². The molecule has 1 heterocycles. The fraction of sp³-hybridized carbons (Fsp3) is 0.312. The fourth-order valence-corrected chi connectivity index (χ4v) is 2.04. The lowest BCUT2D eigenvalue weighted by atomic mass is 10.1. The van der Waals surface area contributed by atoms with Gasteiger partial charge in [0.25, 0.3) is 0 Å². The zero-order chi connectivity index (χ0) is 14.5. The summed E-state index contributed by atoms with van der Waals surface area (Å²) in [7, 11) is 1.95. The van der Waals surface area contributed by atoms with E-state index >= 15 is 0 Å². The summed E-state index contributed by atoms with van der Waals surface area (Å²) in [5.74, 6) is 0.479. The largest absolute Gasteiger partial charge is 0.469 e. The second-order valence-electron chi connectivity index (χ2n) is 4.92. The standard InChI is InChI=1S/C16H18FNO2/c1-12-14(7-9-20-12)11-18(2)8-6-16(19)13-4-3-5-15(17)10-13/h3-5,7,9-10H,6,8,11H2,1-2H3. The number of halogens is 1. The Hall–Kier alpha value is -1.94. The summed E-state index contributed by atoms with van der Waals surface area (Å²) >= 11 is 0. The maximum absolute atomic E-state index is 13.0. The highest BCUT2D eigenvalue weighted by Crippen LogP contribution is 2.12. The smallest absolute Gasteiger partial charge is 0.164 e. The molecule has 0 unspecified atom stereocenters. The first-order chi connectivity index (χ1) is 9.56. The third-order valence-corrected chi connectivity index (χ3v) is 3.27. The molecule has 0 saturated heterocycles. The summed E-state index contributed by atoms with van der Waals surface area (Å²) in [4.78, 5) is 14.0. The minimum Gasteiger partial charge on any atom is -0.469 e. The molecule has 20 heavy (non-hydrogen) atoms. The van der Waals surface area contributed by atoms with E-state index in [1.807, 2.05) is 20.0 Å². The molecule has 3 nitrogen and oxygen atoms in total. The maximum Gasteiger partial charge on any atom is 0.164 e. The summed E-state index contributed by atoms with van der Waals surface area (Å²) in [6.45, 7) is 3.28. The van der Waals surface area contributed by atoms with Gasteiger partial charge in [0.05, 0.1) is 6.26 Å². The molecule has 0 spiro atoms. The number of carbonyl (C=O) groups excluding carboxylic acids is 1. The summed E-state index contributed by atoms with van der Waals surface area (Å²) in [6.07, 6.45) is 2.03. The first kappa shape index (κ1) is 14.5. The highest BCUT2D eigenvalue weighted by molar-refractivity contribution is 5.96. The number of nitrogens with zero attached hydrogens (tertiary/aromatic N) is 1. The van der Waals surface area contributed by atoms with Crippen molar-refractivity contribution in [3.63, 3.8) is 0 Å². The van der Waals surface area contributed by atoms with Crippen LogP contribution in [0.5, 0.6) is 0 Å². The van der Waals surface area contributed by atoms with E-state index in [2.05, 4.69) is 4.90 Å². The van der Waals surface area contributed by atoms with Crippen molar-refractivity contribution in [2.24, 2.45) is 0 Å². The van der Waals surface area contributed by atoms with E-state index in [9.17, 15) is 9.18 Å². The van der Waals surface area contributed by atoms with Crippen molar-refractivity contribution in [2.45, 2.75) is 19.9 Å². The van der Waals surface area contributed by atoms with Gasteiger partial charge in [-0.15, -0.1) is 0 Å².